The normalized spacial score (nSPS) is 12.9. The van der Waals surface area contributed by atoms with Crippen LogP contribution >= 0.6 is 0 Å². The van der Waals surface area contributed by atoms with E-state index in [4.69, 9.17) is 9.88 Å². The number of aryl methyl sites for hydroxylation is 1. The number of rotatable bonds is 10. The van der Waals surface area contributed by atoms with Crippen molar-refractivity contribution in [2.75, 3.05) is 24.6 Å². The number of nitrogens with zero attached hydrogens (tertiary/aromatic N) is 1. The standard InChI is InChI=1S/C15H22N2O7S2/c1-12-7-8-14(13(11-12)15(18)23-2)17(25(19)20)9-5-3-4-6-10-24-26(16,21)22/h3,5,7-8,11H,4,6,9-10H2,1-2H3,(H,19,20)(H2,16,21,22)/p-1/b5-3+. The molecule has 0 aliphatic rings. The van der Waals surface area contributed by atoms with E-state index in [1.807, 2.05) is 0 Å². The third-order valence-electron chi connectivity index (χ3n) is 3.21. The lowest BCUT2D eigenvalue weighted by atomic mass is 10.1. The molecule has 0 aliphatic carbocycles. The SMILES string of the molecule is COC(=O)c1cc(C)ccc1N(C/C=C/CCCOS(N)(=O)=O)S(=O)[O-]. The van der Waals surface area contributed by atoms with E-state index in [0.29, 0.717) is 12.8 Å². The first-order valence-electron chi connectivity index (χ1n) is 7.53. The molecular weight excluding hydrogens is 384 g/mol. The summed E-state index contributed by atoms with van der Waals surface area (Å²) in [5.41, 5.74) is 1.14. The molecule has 0 saturated carbocycles. The van der Waals surface area contributed by atoms with Crippen molar-refractivity contribution in [3.63, 3.8) is 0 Å². The van der Waals surface area contributed by atoms with Crippen LogP contribution in [0.4, 0.5) is 5.69 Å². The fraction of sp³-hybridized carbons (Fsp3) is 0.400. The first-order chi connectivity index (χ1) is 12.2. The van der Waals surface area contributed by atoms with E-state index in [1.165, 1.54) is 13.2 Å². The molecule has 1 atom stereocenters. The van der Waals surface area contributed by atoms with Crippen molar-refractivity contribution < 1.29 is 30.9 Å². The molecule has 0 aliphatic heterocycles. The molecule has 1 aromatic carbocycles. The van der Waals surface area contributed by atoms with Gasteiger partial charge in [-0.2, -0.15) is 8.42 Å². The summed E-state index contributed by atoms with van der Waals surface area (Å²) < 4.78 is 54.4. The van der Waals surface area contributed by atoms with Gasteiger partial charge in [-0.3, -0.25) is 12.7 Å². The zero-order chi connectivity index (χ0) is 19.7. The molecule has 146 valence electrons. The van der Waals surface area contributed by atoms with Crippen LogP contribution in [0.25, 0.3) is 0 Å². The molecule has 0 fully saturated rings. The Morgan fingerprint density at radius 1 is 1.38 bits per heavy atom. The summed E-state index contributed by atoms with van der Waals surface area (Å²) in [5, 5.41) is 4.69. The average molecular weight is 405 g/mol. The number of methoxy groups -OCH3 is 1. The fourth-order valence-electron chi connectivity index (χ4n) is 2.04. The quantitative estimate of drug-likeness (QED) is 0.264. The zero-order valence-electron chi connectivity index (χ0n) is 14.4. The van der Waals surface area contributed by atoms with E-state index in [9.17, 15) is 22.0 Å². The number of carbonyl (C=O) groups is 1. The van der Waals surface area contributed by atoms with Crippen LogP contribution in [0.15, 0.2) is 30.4 Å². The molecule has 1 unspecified atom stereocenters. The van der Waals surface area contributed by atoms with Crippen LogP contribution in [0.1, 0.15) is 28.8 Å². The van der Waals surface area contributed by atoms with Crippen molar-refractivity contribution >= 4 is 33.2 Å². The van der Waals surface area contributed by atoms with Gasteiger partial charge < -0.3 is 9.29 Å². The van der Waals surface area contributed by atoms with E-state index in [1.54, 1.807) is 31.2 Å². The Bertz CT molecular complexity index is 778. The second kappa shape index (κ2) is 10.4. The number of hydrogen-bond donors (Lipinski definition) is 1. The molecule has 0 bridgehead atoms. The van der Waals surface area contributed by atoms with Crippen molar-refractivity contribution in [2.24, 2.45) is 5.14 Å². The second-order valence-electron chi connectivity index (χ2n) is 5.22. The number of esters is 1. The molecule has 2 N–H and O–H groups in total. The highest BCUT2D eigenvalue weighted by molar-refractivity contribution is 7.84. The lowest BCUT2D eigenvalue weighted by Gasteiger charge is -2.27. The summed E-state index contributed by atoms with van der Waals surface area (Å²) >= 11 is -2.61. The van der Waals surface area contributed by atoms with Crippen LogP contribution in [0.3, 0.4) is 0 Å². The Labute approximate surface area is 155 Å². The smallest absolute Gasteiger partial charge is 0.340 e. The van der Waals surface area contributed by atoms with Gasteiger partial charge in [-0.1, -0.05) is 23.8 Å². The number of carbonyl (C=O) groups excluding carboxylic acids is 1. The van der Waals surface area contributed by atoms with Gasteiger partial charge in [-0.05, 0) is 31.9 Å². The van der Waals surface area contributed by atoms with Gasteiger partial charge in [0, 0.05) is 17.8 Å². The molecule has 0 saturated heterocycles. The molecule has 0 spiro atoms. The molecule has 9 nitrogen and oxygen atoms in total. The maximum Gasteiger partial charge on any atom is 0.340 e. The van der Waals surface area contributed by atoms with Crippen LogP contribution in [-0.2, 0) is 30.5 Å². The summed E-state index contributed by atoms with van der Waals surface area (Å²) in [7, 11) is -2.74. The molecular formula is C15H21N2O7S2-. The van der Waals surface area contributed by atoms with Gasteiger partial charge in [0.05, 0.1) is 25.0 Å². The number of allylic oxidation sites excluding steroid dienone is 1. The Kier molecular flexibility index (Phi) is 8.88. The predicted molar refractivity (Wildman–Crippen MR) is 96.2 cm³/mol. The summed E-state index contributed by atoms with van der Waals surface area (Å²) in [6.07, 6.45) is 4.13. The summed E-state index contributed by atoms with van der Waals surface area (Å²) in [6, 6.07) is 4.77. The molecule has 26 heavy (non-hydrogen) atoms. The Morgan fingerprint density at radius 2 is 2.08 bits per heavy atom. The van der Waals surface area contributed by atoms with Gasteiger partial charge in [-0.25, -0.2) is 9.93 Å². The van der Waals surface area contributed by atoms with E-state index in [2.05, 4.69) is 4.18 Å². The van der Waals surface area contributed by atoms with Crippen molar-refractivity contribution in [3.05, 3.63) is 41.5 Å². The van der Waals surface area contributed by atoms with Crippen molar-refractivity contribution in [3.8, 4) is 0 Å². The molecule has 11 heteroatoms. The Morgan fingerprint density at radius 3 is 2.65 bits per heavy atom. The monoisotopic (exact) mass is 405 g/mol. The Balaban J connectivity index is 2.77. The first kappa shape index (κ1) is 22.3. The van der Waals surface area contributed by atoms with E-state index in [0.717, 1.165) is 9.87 Å². The highest BCUT2D eigenvalue weighted by Gasteiger charge is 2.17. The van der Waals surface area contributed by atoms with E-state index >= 15 is 0 Å². The average Bonchev–Trinajstić information content (AvgIpc) is 2.55. The van der Waals surface area contributed by atoms with Gasteiger partial charge in [0.25, 0.3) is 0 Å². The summed E-state index contributed by atoms with van der Waals surface area (Å²) in [6.45, 7) is 1.71. The number of hydrogen-bond acceptors (Lipinski definition) is 7. The molecule has 0 amide bonds. The van der Waals surface area contributed by atoms with Crippen LogP contribution in [0.5, 0.6) is 0 Å². The van der Waals surface area contributed by atoms with Gasteiger partial charge in [0.15, 0.2) is 0 Å². The number of unbranched alkanes of at least 4 members (excludes halogenated alkanes) is 1. The topological polar surface area (TPSA) is 139 Å². The zero-order valence-corrected chi connectivity index (χ0v) is 16.0. The highest BCUT2D eigenvalue weighted by atomic mass is 32.2. The Hall–Kier alpha value is -1.79. The summed E-state index contributed by atoms with van der Waals surface area (Å²) in [4.78, 5) is 11.9. The highest BCUT2D eigenvalue weighted by Crippen LogP contribution is 2.24. The lowest BCUT2D eigenvalue weighted by molar-refractivity contribution is 0.0601. The van der Waals surface area contributed by atoms with Gasteiger partial charge >= 0.3 is 16.3 Å². The first-order valence-corrected chi connectivity index (χ1v) is 10.0. The van der Waals surface area contributed by atoms with Crippen LogP contribution in [0, 0.1) is 6.92 Å². The van der Waals surface area contributed by atoms with Crippen molar-refractivity contribution in [2.45, 2.75) is 19.8 Å². The van der Waals surface area contributed by atoms with Crippen LogP contribution < -0.4 is 9.44 Å². The molecule has 1 rings (SSSR count). The van der Waals surface area contributed by atoms with Crippen molar-refractivity contribution in [1.29, 1.82) is 0 Å². The number of ether oxygens (including phenoxy) is 1. The van der Waals surface area contributed by atoms with Crippen LogP contribution in [-0.4, -0.2) is 43.4 Å². The third kappa shape index (κ3) is 7.62. The van der Waals surface area contributed by atoms with Gasteiger partial charge in [0.2, 0.25) is 0 Å². The van der Waals surface area contributed by atoms with Gasteiger partial charge in [-0.15, -0.1) is 0 Å². The lowest BCUT2D eigenvalue weighted by Crippen LogP contribution is -2.27. The molecule has 0 aromatic heterocycles. The third-order valence-corrected chi connectivity index (χ3v) is 4.41. The van der Waals surface area contributed by atoms with Gasteiger partial charge in [0.1, 0.15) is 0 Å². The van der Waals surface area contributed by atoms with E-state index in [-0.39, 0.29) is 24.4 Å². The number of benzene rings is 1. The molecule has 0 heterocycles. The second-order valence-corrected chi connectivity index (χ2v) is 7.32. The number of nitrogens with two attached hydrogens (primary N) is 1. The largest absolute Gasteiger partial charge is 0.755 e. The van der Waals surface area contributed by atoms with E-state index < -0.39 is 27.5 Å². The minimum absolute atomic E-state index is 0.000783. The van der Waals surface area contributed by atoms with Crippen molar-refractivity contribution in [1.82, 2.24) is 0 Å². The number of anilines is 1. The van der Waals surface area contributed by atoms with Crippen LogP contribution in [0.2, 0.25) is 0 Å². The summed E-state index contributed by atoms with van der Waals surface area (Å²) in [5.74, 6) is -0.636. The maximum absolute atomic E-state index is 11.9. The predicted octanol–water partition coefficient (Wildman–Crippen LogP) is 0.939. The molecule has 0 radical (unpaired) electrons. The minimum Gasteiger partial charge on any atom is -0.755 e. The fourth-order valence-corrected chi connectivity index (χ4v) is 2.92. The molecule has 1 aromatic rings. The maximum atomic E-state index is 11.9. The minimum atomic E-state index is -3.95.